The molecule has 1 rings (SSSR count). The second-order valence-electron chi connectivity index (χ2n) is 2.55. The summed E-state index contributed by atoms with van der Waals surface area (Å²) in [6, 6.07) is 0. The zero-order chi connectivity index (χ0) is 8.20. The average Bonchev–Trinajstić information content (AvgIpc) is 2.17. The van der Waals surface area contributed by atoms with Crippen molar-refractivity contribution in [1.29, 1.82) is 0 Å². The summed E-state index contributed by atoms with van der Waals surface area (Å²) in [6.45, 7) is 5.59. The first-order chi connectivity index (χ1) is 4.63. The molecule has 1 aliphatic carbocycles. The number of ketones is 1. The Morgan fingerprint density at radius 3 is 2.10 bits per heavy atom. The van der Waals surface area contributed by atoms with E-state index in [1.165, 1.54) is 0 Å². The third kappa shape index (κ3) is 2.10. The van der Waals surface area contributed by atoms with E-state index in [0.29, 0.717) is 12.8 Å². The Kier molecular flexibility index (Phi) is 3.58. The maximum absolute atomic E-state index is 10.6. The van der Waals surface area contributed by atoms with Crippen molar-refractivity contribution in [2.45, 2.75) is 45.6 Å². The van der Waals surface area contributed by atoms with Crippen LogP contribution in [0.4, 0.5) is 0 Å². The van der Waals surface area contributed by atoms with Gasteiger partial charge in [-0.2, -0.15) is 0 Å². The van der Waals surface area contributed by atoms with Gasteiger partial charge in [0.1, 0.15) is 5.60 Å². The Bertz CT molecular complexity index is 116. The van der Waals surface area contributed by atoms with Crippen LogP contribution in [0.5, 0.6) is 0 Å². The summed E-state index contributed by atoms with van der Waals surface area (Å²) in [7, 11) is 0. The SMILES string of the molecule is CC.CC1(O)CCCC1=O. The monoisotopic (exact) mass is 144 g/mol. The van der Waals surface area contributed by atoms with E-state index in [-0.39, 0.29) is 5.78 Å². The lowest BCUT2D eigenvalue weighted by molar-refractivity contribution is -0.131. The minimum Gasteiger partial charge on any atom is -0.382 e. The van der Waals surface area contributed by atoms with E-state index in [9.17, 15) is 4.79 Å². The van der Waals surface area contributed by atoms with Gasteiger partial charge in [0, 0.05) is 6.42 Å². The van der Waals surface area contributed by atoms with Crippen LogP contribution in [-0.2, 0) is 4.79 Å². The standard InChI is InChI=1S/C6H10O2.C2H6/c1-6(8)4-2-3-5(6)7;1-2/h8H,2-4H2,1H3;1-2H3. The Morgan fingerprint density at radius 2 is 2.00 bits per heavy atom. The quantitative estimate of drug-likeness (QED) is 0.559. The van der Waals surface area contributed by atoms with E-state index < -0.39 is 5.60 Å². The van der Waals surface area contributed by atoms with Crippen LogP contribution in [0.1, 0.15) is 40.0 Å². The van der Waals surface area contributed by atoms with E-state index in [4.69, 9.17) is 5.11 Å². The molecular formula is C8H16O2. The van der Waals surface area contributed by atoms with E-state index in [1.807, 2.05) is 13.8 Å². The van der Waals surface area contributed by atoms with Gasteiger partial charge in [-0.25, -0.2) is 0 Å². The molecule has 1 atom stereocenters. The minimum absolute atomic E-state index is 0.00231. The molecule has 0 amide bonds. The molecule has 0 aliphatic heterocycles. The number of Topliss-reactive ketones (excluding diaryl/α,β-unsaturated/α-hetero) is 1. The molecular weight excluding hydrogens is 128 g/mol. The molecule has 2 nitrogen and oxygen atoms in total. The topological polar surface area (TPSA) is 37.3 Å². The number of hydrogen-bond donors (Lipinski definition) is 1. The van der Waals surface area contributed by atoms with Gasteiger partial charge in [0.05, 0.1) is 0 Å². The third-order valence-corrected chi connectivity index (χ3v) is 1.67. The molecule has 2 heteroatoms. The lowest BCUT2D eigenvalue weighted by atomic mass is 10.1. The number of carbonyl (C=O) groups is 1. The summed E-state index contributed by atoms with van der Waals surface area (Å²) in [5.74, 6) is -0.00231. The lowest BCUT2D eigenvalue weighted by Gasteiger charge is -2.11. The minimum atomic E-state index is -0.986. The predicted molar refractivity (Wildman–Crippen MR) is 40.8 cm³/mol. The molecule has 1 fully saturated rings. The smallest absolute Gasteiger partial charge is 0.164 e. The maximum atomic E-state index is 10.6. The highest BCUT2D eigenvalue weighted by atomic mass is 16.3. The molecule has 1 aliphatic rings. The van der Waals surface area contributed by atoms with Gasteiger partial charge in [-0.05, 0) is 19.8 Å². The van der Waals surface area contributed by atoms with Crippen LogP contribution in [0.3, 0.4) is 0 Å². The summed E-state index contributed by atoms with van der Waals surface area (Å²) in [6.07, 6.45) is 2.06. The molecule has 0 radical (unpaired) electrons. The predicted octanol–water partition coefficient (Wildman–Crippen LogP) is 1.52. The molecule has 0 saturated heterocycles. The Hall–Kier alpha value is -0.370. The van der Waals surface area contributed by atoms with Crippen molar-refractivity contribution in [3.8, 4) is 0 Å². The van der Waals surface area contributed by atoms with Crippen LogP contribution in [-0.4, -0.2) is 16.5 Å². The second kappa shape index (κ2) is 3.71. The van der Waals surface area contributed by atoms with E-state index in [1.54, 1.807) is 6.92 Å². The number of aliphatic hydroxyl groups is 1. The van der Waals surface area contributed by atoms with Gasteiger partial charge in [0.2, 0.25) is 0 Å². The summed E-state index contributed by atoms with van der Waals surface area (Å²) < 4.78 is 0. The summed E-state index contributed by atoms with van der Waals surface area (Å²) in [4.78, 5) is 10.6. The van der Waals surface area contributed by atoms with Crippen LogP contribution < -0.4 is 0 Å². The van der Waals surface area contributed by atoms with Gasteiger partial charge in [-0.3, -0.25) is 4.79 Å². The average molecular weight is 144 g/mol. The van der Waals surface area contributed by atoms with Gasteiger partial charge in [-0.15, -0.1) is 0 Å². The van der Waals surface area contributed by atoms with Crippen LogP contribution in [0, 0.1) is 0 Å². The van der Waals surface area contributed by atoms with E-state index >= 15 is 0 Å². The molecule has 0 aromatic carbocycles. The molecule has 0 bridgehead atoms. The molecule has 0 aromatic rings. The van der Waals surface area contributed by atoms with Gasteiger partial charge < -0.3 is 5.11 Å². The van der Waals surface area contributed by atoms with Crippen LogP contribution >= 0.6 is 0 Å². The van der Waals surface area contributed by atoms with Gasteiger partial charge in [-0.1, -0.05) is 13.8 Å². The Morgan fingerprint density at radius 1 is 1.50 bits per heavy atom. The summed E-state index contributed by atoms with van der Waals surface area (Å²) >= 11 is 0. The molecule has 1 N–H and O–H groups in total. The van der Waals surface area contributed by atoms with Crippen molar-refractivity contribution < 1.29 is 9.90 Å². The zero-order valence-corrected chi connectivity index (χ0v) is 6.98. The fraction of sp³-hybridized carbons (Fsp3) is 0.875. The highest BCUT2D eigenvalue weighted by molar-refractivity contribution is 5.88. The van der Waals surface area contributed by atoms with E-state index in [0.717, 1.165) is 6.42 Å². The highest BCUT2D eigenvalue weighted by Crippen LogP contribution is 2.24. The number of carbonyl (C=O) groups excluding carboxylic acids is 1. The molecule has 10 heavy (non-hydrogen) atoms. The normalized spacial score (nSPS) is 31.4. The first kappa shape index (κ1) is 9.63. The Balaban J connectivity index is 0.000000371. The highest BCUT2D eigenvalue weighted by Gasteiger charge is 2.34. The lowest BCUT2D eigenvalue weighted by Crippen LogP contribution is -2.28. The largest absolute Gasteiger partial charge is 0.382 e. The number of rotatable bonds is 0. The molecule has 0 spiro atoms. The first-order valence-electron chi connectivity index (χ1n) is 3.88. The fourth-order valence-electron chi connectivity index (χ4n) is 1.00. The third-order valence-electron chi connectivity index (χ3n) is 1.67. The maximum Gasteiger partial charge on any atom is 0.164 e. The van der Waals surface area contributed by atoms with Gasteiger partial charge >= 0.3 is 0 Å². The van der Waals surface area contributed by atoms with Gasteiger partial charge in [0.25, 0.3) is 0 Å². The zero-order valence-electron chi connectivity index (χ0n) is 6.98. The second-order valence-corrected chi connectivity index (χ2v) is 2.55. The van der Waals surface area contributed by atoms with Crippen LogP contribution in [0.15, 0.2) is 0 Å². The van der Waals surface area contributed by atoms with Crippen molar-refractivity contribution in [2.75, 3.05) is 0 Å². The molecule has 1 unspecified atom stereocenters. The summed E-state index contributed by atoms with van der Waals surface area (Å²) in [5, 5.41) is 9.11. The van der Waals surface area contributed by atoms with Gasteiger partial charge in [0.15, 0.2) is 5.78 Å². The molecule has 1 saturated carbocycles. The van der Waals surface area contributed by atoms with Crippen molar-refractivity contribution in [1.82, 2.24) is 0 Å². The molecule has 60 valence electrons. The molecule has 0 aromatic heterocycles. The van der Waals surface area contributed by atoms with E-state index in [2.05, 4.69) is 0 Å². The van der Waals surface area contributed by atoms with Crippen molar-refractivity contribution in [3.05, 3.63) is 0 Å². The van der Waals surface area contributed by atoms with Crippen molar-refractivity contribution >= 4 is 5.78 Å². The summed E-state index contributed by atoms with van der Waals surface area (Å²) in [5.41, 5.74) is -0.986. The fourth-order valence-corrected chi connectivity index (χ4v) is 1.00. The first-order valence-corrected chi connectivity index (χ1v) is 3.88. The van der Waals surface area contributed by atoms with Crippen LogP contribution in [0.2, 0.25) is 0 Å². The van der Waals surface area contributed by atoms with Crippen molar-refractivity contribution in [2.24, 2.45) is 0 Å². The molecule has 0 heterocycles. The van der Waals surface area contributed by atoms with Crippen LogP contribution in [0.25, 0.3) is 0 Å². The van der Waals surface area contributed by atoms with Crippen molar-refractivity contribution in [3.63, 3.8) is 0 Å². The number of hydrogen-bond acceptors (Lipinski definition) is 2. The Labute approximate surface area is 62.2 Å².